The molecule has 152 valence electrons. The van der Waals surface area contributed by atoms with Crippen molar-refractivity contribution in [3.63, 3.8) is 0 Å². The molecule has 0 radical (unpaired) electrons. The molecule has 0 amide bonds. The Bertz CT molecular complexity index is 1070. The molecule has 8 heteroatoms. The normalized spacial score (nSPS) is 18.4. The number of anilines is 1. The first kappa shape index (κ1) is 19.1. The molecule has 8 nitrogen and oxygen atoms in total. The van der Waals surface area contributed by atoms with Crippen LogP contribution in [0.3, 0.4) is 0 Å². The molecule has 1 aliphatic heterocycles. The van der Waals surface area contributed by atoms with Crippen LogP contribution in [0.25, 0.3) is 16.8 Å². The summed E-state index contributed by atoms with van der Waals surface area (Å²) in [6.45, 7) is 4.58. The summed E-state index contributed by atoms with van der Waals surface area (Å²) >= 11 is 0. The van der Waals surface area contributed by atoms with Crippen LogP contribution in [-0.2, 0) is 14.1 Å². The smallest absolute Gasteiger partial charge is 0.124 e. The Morgan fingerprint density at radius 1 is 1.21 bits per heavy atom. The Morgan fingerprint density at radius 3 is 2.62 bits per heavy atom. The molecule has 2 aromatic heterocycles. The maximum Gasteiger partial charge on any atom is 0.124 e. The zero-order chi connectivity index (χ0) is 20.7. The van der Waals surface area contributed by atoms with Crippen molar-refractivity contribution in [3.05, 3.63) is 59.2 Å². The Hall–Kier alpha value is -3.26. The van der Waals surface area contributed by atoms with E-state index in [-0.39, 0.29) is 6.04 Å². The van der Waals surface area contributed by atoms with Gasteiger partial charge in [0.25, 0.3) is 0 Å². The van der Waals surface area contributed by atoms with Crippen LogP contribution < -0.4 is 16.9 Å². The number of hydrogen-bond acceptors (Lipinski definition) is 6. The van der Waals surface area contributed by atoms with Crippen LogP contribution in [0.1, 0.15) is 36.2 Å². The summed E-state index contributed by atoms with van der Waals surface area (Å²) in [5.74, 6) is 7.35. The van der Waals surface area contributed by atoms with E-state index in [0.717, 1.165) is 45.9 Å². The van der Waals surface area contributed by atoms with Gasteiger partial charge in [0.05, 0.1) is 23.6 Å². The van der Waals surface area contributed by atoms with Crippen molar-refractivity contribution in [2.24, 2.45) is 25.7 Å². The van der Waals surface area contributed by atoms with Gasteiger partial charge in [-0.25, -0.2) is 5.84 Å². The van der Waals surface area contributed by atoms with E-state index in [9.17, 15) is 0 Å². The van der Waals surface area contributed by atoms with Crippen LogP contribution in [0.15, 0.2) is 42.4 Å². The number of hydrazine groups is 1. The van der Waals surface area contributed by atoms with Crippen LogP contribution in [-0.4, -0.2) is 31.1 Å². The van der Waals surface area contributed by atoms with Gasteiger partial charge in [-0.15, -0.1) is 0 Å². The fraction of sp³-hybridized carbons (Fsp3) is 0.333. The summed E-state index contributed by atoms with van der Waals surface area (Å²) in [6.07, 6.45) is 4.73. The lowest BCUT2D eigenvalue weighted by molar-refractivity contribution is 0.401. The number of fused-ring (bicyclic) bond motifs is 1. The molecule has 0 bridgehead atoms. The SMILES string of the molecule is C/C(N)=C1\c2ccc(-c3cnn(C)c3)cc2C(Nc2cc(C)nn2C)CCN1N. The first-order valence-electron chi connectivity index (χ1n) is 9.72. The van der Waals surface area contributed by atoms with Crippen molar-refractivity contribution in [1.82, 2.24) is 24.6 Å². The lowest BCUT2D eigenvalue weighted by Crippen LogP contribution is -2.31. The number of benzene rings is 1. The third-order valence-corrected chi connectivity index (χ3v) is 5.36. The van der Waals surface area contributed by atoms with Gasteiger partial charge >= 0.3 is 0 Å². The molecule has 0 fully saturated rings. The van der Waals surface area contributed by atoms with Crippen molar-refractivity contribution < 1.29 is 0 Å². The van der Waals surface area contributed by atoms with E-state index in [2.05, 4.69) is 39.8 Å². The molecule has 1 unspecified atom stereocenters. The van der Waals surface area contributed by atoms with Gasteiger partial charge < -0.3 is 16.1 Å². The summed E-state index contributed by atoms with van der Waals surface area (Å²) in [7, 11) is 3.87. The van der Waals surface area contributed by atoms with Crippen LogP contribution >= 0.6 is 0 Å². The second-order valence-corrected chi connectivity index (χ2v) is 7.71. The Kier molecular flexibility index (Phi) is 4.79. The molecule has 3 heterocycles. The molecule has 5 N–H and O–H groups in total. The molecule has 0 aliphatic carbocycles. The van der Waals surface area contributed by atoms with Crippen molar-refractivity contribution in [1.29, 1.82) is 0 Å². The molecule has 0 saturated heterocycles. The molecule has 4 rings (SSSR count). The molecule has 1 aliphatic rings. The minimum absolute atomic E-state index is 0.0688. The monoisotopic (exact) mass is 392 g/mol. The Morgan fingerprint density at radius 2 is 2.00 bits per heavy atom. The molecule has 1 aromatic carbocycles. The van der Waals surface area contributed by atoms with E-state index >= 15 is 0 Å². The predicted octanol–water partition coefficient (Wildman–Crippen LogP) is 2.51. The predicted molar refractivity (Wildman–Crippen MR) is 115 cm³/mol. The largest absolute Gasteiger partial charge is 0.401 e. The highest BCUT2D eigenvalue weighted by molar-refractivity contribution is 5.74. The van der Waals surface area contributed by atoms with E-state index in [1.54, 1.807) is 5.01 Å². The number of aromatic nitrogens is 4. The highest BCUT2D eigenvalue weighted by Crippen LogP contribution is 2.37. The number of nitrogens with one attached hydrogen (secondary N) is 1. The van der Waals surface area contributed by atoms with Gasteiger partial charge in [-0.05, 0) is 37.5 Å². The summed E-state index contributed by atoms with van der Waals surface area (Å²) in [5.41, 5.74) is 13.2. The summed E-state index contributed by atoms with van der Waals surface area (Å²) in [6, 6.07) is 8.55. The maximum absolute atomic E-state index is 6.37. The number of rotatable bonds is 3. The van der Waals surface area contributed by atoms with Gasteiger partial charge in [0.1, 0.15) is 5.82 Å². The van der Waals surface area contributed by atoms with Crippen molar-refractivity contribution in [2.75, 3.05) is 11.9 Å². The molecule has 3 aromatic rings. The zero-order valence-corrected chi connectivity index (χ0v) is 17.3. The van der Waals surface area contributed by atoms with Crippen LogP contribution in [0.5, 0.6) is 0 Å². The highest BCUT2D eigenvalue weighted by Gasteiger charge is 2.26. The van der Waals surface area contributed by atoms with Gasteiger partial charge in [0.15, 0.2) is 0 Å². The van der Waals surface area contributed by atoms with Crippen LogP contribution in [0.2, 0.25) is 0 Å². The fourth-order valence-corrected chi connectivity index (χ4v) is 4.02. The minimum atomic E-state index is 0.0688. The third kappa shape index (κ3) is 3.58. The van der Waals surface area contributed by atoms with Crippen LogP contribution in [0, 0.1) is 6.92 Å². The van der Waals surface area contributed by atoms with Gasteiger partial charge in [-0.3, -0.25) is 9.36 Å². The third-order valence-electron chi connectivity index (χ3n) is 5.36. The minimum Gasteiger partial charge on any atom is -0.401 e. The molecule has 0 spiro atoms. The second kappa shape index (κ2) is 7.29. The average molecular weight is 393 g/mol. The van der Waals surface area contributed by atoms with E-state index in [1.165, 1.54) is 0 Å². The number of nitrogens with two attached hydrogens (primary N) is 2. The fourth-order valence-electron chi connectivity index (χ4n) is 4.02. The van der Waals surface area contributed by atoms with E-state index in [4.69, 9.17) is 11.6 Å². The number of nitrogens with zero attached hydrogens (tertiary/aromatic N) is 5. The first-order chi connectivity index (χ1) is 13.8. The molecule has 1 atom stereocenters. The van der Waals surface area contributed by atoms with Gasteiger partial charge in [0.2, 0.25) is 0 Å². The highest BCUT2D eigenvalue weighted by atomic mass is 15.4. The Labute approximate surface area is 170 Å². The van der Waals surface area contributed by atoms with Crippen molar-refractivity contribution >= 4 is 11.5 Å². The van der Waals surface area contributed by atoms with Gasteiger partial charge in [-0.1, -0.05) is 12.1 Å². The zero-order valence-electron chi connectivity index (χ0n) is 17.3. The quantitative estimate of drug-likeness (QED) is 0.592. The maximum atomic E-state index is 6.37. The average Bonchev–Trinajstić information content (AvgIpc) is 3.19. The topological polar surface area (TPSA) is 103 Å². The number of hydrogen-bond donors (Lipinski definition) is 3. The Balaban J connectivity index is 1.84. The van der Waals surface area contributed by atoms with E-state index in [0.29, 0.717) is 12.2 Å². The molecule has 0 saturated carbocycles. The summed E-state index contributed by atoms with van der Waals surface area (Å²) in [4.78, 5) is 0. The lowest BCUT2D eigenvalue weighted by atomic mass is 9.93. The first-order valence-corrected chi connectivity index (χ1v) is 9.72. The summed E-state index contributed by atoms with van der Waals surface area (Å²) < 4.78 is 3.68. The number of aryl methyl sites for hydroxylation is 3. The van der Waals surface area contributed by atoms with Crippen molar-refractivity contribution in [3.8, 4) is 11.1 Å². The summed E-state index contributed by atoms with van der Waals surface area (Å²) in [5, 5.41) is 14.2. The van der Waals surface area contributed by atoms with Crippen molar-refractivity contribution in [2.45, 2.75) is 26.3 Å². The van der Waals surface area contributed by atoms with E-state index in [1.807, 2.05) is 49.7 Å². The lowest BCUT2D eigenvalue weighted by Gasteiger charge is -2.22. The number of allylic oxidation sites excluding steroid dienone is 1. The van der Waals surface area contributed by atoms with Gasteiger partial charge in [0, 0.05) is 49.7 Å². The van der Waals surface area contributed by atoms with E-state index < -0.39 is 0 Å². The molecule has 29 heavy (non-hydrogen) atoms. The molecular weight excluding hydrogens is 364 g/mol. The molecular formula is C21H28N8. The van der Waals surface area contributed by atoms with Gasteiger partial charge in [-0.2, -0.15) is 10.2 Å². The second-order valence-electron chi connectivity index (χ2n) is 7.71. The standard InChI is InChI=1S/C21H28N8/c1-13-9-20(28(4)26-13)25-19-7-8-29(23)21(14(2)22)17-6-5-15(10-18(17)19)16-11-24-27(3)12-16/h5-6,9-12,19,25H,7-8,22-23H2,1-4H3/b21-14-. The van der Waals surface area contributed by atoms with Crippen LogP contribution in [0.4, 0.5) is 5.82 Å².